The third-order valence-corrected chi connectivity index (χ3v) is 4.82. The number of sulfonamides is 1. The first-order valence-electron chi connectivity index (χ1n) is 5.85. The lowest BCUT2D eigenvalue weighted by atomic mass is 10.2. The van der Waals surface area contributed by atoms with Crippen molar-refractivity contribution in [3.8, 4) is 0 Å². The zero-order valence-corrected chi connectivity index (χ0v) is 11.3. The molecule has 1 heterocycles. The Bertz CT molecular complexity index is 545. The van der Waals surface area contributed by atoms with Crippen molar-refractivity contribution in [3.63, 3.8) is 0 Å². The summed E-state index contributed by atoms with van der Waals surface area (Å²) in [6.07, 6.45) is 0.802. The van der Waals surface area contributed by atoms with Crippen LogP contribution in [-0.2, 0) is 10.0 Å². The first-order valence-corrected chi connectivity index (χ1v) is 7.34. The van der Waals surface area contributed by atoms with E-state index in [1.54, 1.807) is 6.92 Å². The Morgan fingerprint density at radius 1 is 1.44 bits per heavy atom. The third kappa shape index (κ3) is 2.88. The van der Waals surface area contributed by atoms with Crippen LogP contribution in [0.25, 0.3) is 0 Å². The van der Waals surface area contributed by atoms with Gasteiger partial charge in [0.25, 0.3) is 0 Å². The number of aryl methyl sites for hydroxylation is 1. The average Bonchev–Trinajstić information content (AvgIpc) is 2.62. The second-order valence-electron chi connectivity index (χ2n) is 4.78. The highest BCUT2D eigenvalue weighted by Crippen LogP contribution is 2.18. The van der Waals surface area contributed by atoms with E-state index in [9.17, 15) is 12.8 Å². The predicted octanol–water partition coefficient (Wildman–Crippen LogP) is 1.12. The van der Waals surface area contributed by atoms with Crippen LogP contribution < -0.4 is 4.72 Å². The summed E-state index contributed by atoms with van der Waals surface area (Å²) >= 11 is 0. The lowest BCUT2D eigenvalue weighted by Crippen LogP contribution is -2.36. The first kappa shape index (κ1) is 13.5. The van der Waals surface area contributed by atoms with E-state index in [4.69, 9.17) is 0 Å². The molecule has 0 amide bonds. The summed E-state index contributed by atoms with van der Waals surface area (Å²) in [6.45, 7) is 3.19. The Labute approximate surface area is 107 Å². The number of rotatable bonds is 3. The summed E-state index contributed by atoms with van der Waals surface area (Å²) in [4.78, 5) is 2.23. The van der Waals surface area contributed by atoms with Crippen molar-refractivity contribution in [2.24, 2.45) is 0 Å². The maximum atomic E-state index is 13.0. The van der Waals surface area contributed by atoms with Gasteiger partial charge in [0.1, 0.15) is 5.82 Å². The zero-order valence-electron chi connectivity index (χ0n) is 10.5. The smallest absolute Gasteiger partial charge is 0.241 e. The predicted molar refractivity (Wildman–Crippen MR) is 67.4 cm³/mol. The molecule has 1 aromatic rings. The van der Waals surface area contributed by atoms with Gasteiger partial charge in [0, 0.05) is 12.6 Å². The molecule has 100 valence electrons. The molecule has 1 aliphatic heterocycles. The Morgan fingerprint density at radius 3 is 2.72 bits per heavy atom. The van der Waals surface area contributed by atoms with Crippen LogP contribution in [0, 0.1) is 12.7 Å². The van der Waals surface area contributed by atoms with Crippen molar-refractivity contribution in [1.82, 2.24) is 9.62 Å². The van der Waals surface area contributed by atoms with Gasteiger partial charge in [-0.2, -0.15) is 0 Å². The molecule has 18 heavy (non-hydrogen) atoms. The highest BCUT2D eigenvalue weighted by Gasteiger charge is 2.26. The molecule has 0 saturated carbocycles. The van der Waals surface area contributed by atoms with Crippen molar-refractivity contribution in [3.05, 3.63) is 29.6 Å². The molecule has 0 spiro atoms. The van der Waals surface area contributed by atoms with Crippen molar-refractivity contribution in [2.75, 3.05) is 20.1 Å². The largest absolute Gasteiger partial charge is 0.305 e. The van der Waals surface area contributed by atoms with E-state index in [-0.39, 0.29) is 10.9 Å². The van der Waals surface area contributed by atoms with E-state index in [1.807, 2.05) is 7.05 Å². The molecule has 0 bridgehead atoms. The SMILES string of the molecule is Cc1cc(F)ccc1S(=O)(=O)NC1CCN(C)C1. The van der Waals surface area contributed by atoms with Gasteiger partial charge in [-0.1, -0.05) is 0 Å². The molecule has 0 aliphatic carbocycles. The maximum Gasteiger partial charge on any atom is 0.241 e. The summed E-state index contributed by atoms with van der Waals surface area (Å²) in [7, 11) is -1.60. The molecule has 1 aliphatic rings. The van der Waals surface area contributed by atoms with Gasteiger partial charge >= 0.3 is 0 Å². The molecule has 1 fully saturated rings. The van der Waals surface area contributed by atoms with Crippen LogP contribution in [0.1, 0.15) is 12.0 Å². The standard InChI is InChI=1S/C12H17FN2O2S/c1-9-7-10(13)3-4-12(9)18(16,17)14-11-5-6-15(2)8-11/h3-4,7,11,14H,5-6,8H2,1-2H3. The summed E-state index contributed by atoms with van der Waals surface area (Å²) in [5, 5.41) is 0. The van der Waals surface area contributed by atoms with Crippen LogP contribution in [0.4, 0.5) is 4.39 Å². The maximum absolute atomic E-state index is 13.0. The Kier molecular flexibility index (Phi) is 3.70. The molecule has 4 nitrogen and oxygen atoms in total. The van der Waals surface area contributed by atoms with Crippen LogP contribution >= 0.6 is 0 Å². The van der Waals surface area contributed by atoms with E-state index in [0.717, 1.165) is 13.0 Å². The number of nitrogens with one attached hydrogen (secondary N) is 1. The first-order chi connectivity index (χ1) is 8.38. The van der Waals surface area contributed by atoms with Crippen molar-refractivity contribution in [2.45, 2.75) is 24.3 Å². The molecule has 1 aromatic carbocycles. The fourth-order valence-corrected chi connectivity index (χ4v) is 3.72. The van der Waals surface area contributed by atoms with E-state index in [2.05, 4.69) is 9.62 Å². The molecule has 6 heteroatoms. The average molecular weight is 272 g/mol. The fraction of sp³-hybridized carbons (Fsp3) is 0.500. The second-order valence-corrected chi connectivity index (χ2v) is 6.46. The molecular formula is C12H17FN2O2S. The number of benzene rings is 1. The molecule has 1 N–H and O–H groups in total. The van der Waals surface area contributed by atoms with Crippen LogP contribution in [0.5, 0.6) is 0 Å². The summed E-state index contributed by atoms with van der Waals surface area (Å²) in [6, 6.07) is 3.65. The number of likely N-dealkylation sites (tertiary alicyclic amines) is 1. The second kappa shape index (κ2) is 4.95. The highest BCUT2D eigenvalue weighted by molar-refractivity contribution is 7.89. The molecule has 0 aromatic heterocycles. The quantitative estimate of drug-likeness (QED) is 0.897. The lowest BCUT2D eigenvalue weighted by Gasteiger charge is -2.14. The molecule has 1 unspecified atom stereocenters. The van der Waals surface area contributed by atoms with E-state index in [0.29, 0.717) is 12.1 Å². The van der Waals surface area contributed by atoms with Crippen LogP contribution in [0.3, 0.4) is 0 Å². The van der Waals surface area contributed by atoms with Crippen molar-refractivity contribution < 1.29 is 12.8 Å². The van der Waals surface area contributed by atoms with Gasteiger partial charge in [-0.05, 0) is 50.7 Å². The fourth-order valence-electron chi connectivity index (χ4n) is 2.23. The topological polar surface area (TPSA) is 49.4 Å². The Morgan fingerprint density at radius 2 is 2.17 bits per heavy atom. The Hall–Kier alpha value is -0.980. The van der Waals surface area contributed by atoms with Gasteiger partial charge in [0.05, 0.1) is 4.90 Å². The monoisotopic (exact) mass is 272 g/mol. The van der Waals surface area contributed by atoms with Crippen LogP contribution in [0.2, 0.25) is 0 Å². The minimum absolute atomic E-state index is 0.0653. The summed E-state index contributed by atoms with van der Waals surface area (Å²) < 4.78 is 40.0. The molecule has 2 rings (SSSR count). The molecule has 1 atom stereocenters. The highest BCUT2D eigenvalue weighted by atomic mass is 32.2. The van der Waals surface area contributed by atoms with Gasteiger partial charge in [-0.15, -0.1) is 0 Å². The summed E-state index contributed by atoms with van der Waals surface area (Å²) in [5.41, 5.74) is 0.425. The normalized spacial score (nSPS) is 21.4. The lowest BCUT2D eigenvalue weighted by molar-refractivity contribution is 0.407. The molecular weight excluding hydrogens is 255 g/mol. The zero-order chi connectivity index (χ0) is 13.3. The number of likely N-dealkylation sites (N-methyl/N-ethyl adjacent to an activating group) is 1. The third-order valence-electron chi connectivity index (χ3n) is 3.14. The van der Waals surface area contributed by atoms with Crippen LogP contribution in [0.15, 0.2) is 23.1 Å². The van der Waals surface area contributed by atoms with Gasteiger partial charge < -0.3 is 4.90 Å². The number of hydrogen-bond donors (Lipinski definition) is 1. The van der Waals surface area contributed by atoms with E-state index in [1.165, 1.54) is 18.2 Å². The minimum Gasteiger partial charge on any atom is -0.305 e. The Balaban J connectivity index is 2.20. The van der Waals surface area contributed by atoms with Gasteiger partial charge in [-0.3, -0.25) is 0 Å². The minimum atomic E-state index is -3.56. The van der Waals surface area contributed by atoms with Gasteiger partial charge in [-0.25, -0.2) is 17.5 Å². The molecule has 1 saturated heterocycles. The van der Waals surface area contributed by atoms with Gasteiger partial charge in [0.2, 0.25) is 10.0 Å². The number of hydrogen-bond acceptors (Lipinski definition) is 3. The van der Waals surface area contributed by atoms with Crippen LogP contribution in [-0.4, -0.2) is 39.5 Å². The number of halogens is 1. The van der Waals surface area contributed by atoms with Gasteiger partial charge in [0.15, 0.2) is 0 Å². The van der Waals surface area contributed by atoms with E-state index >= 15 is 0 Å². The van der Waals surface area contributed by atoms with Crippen molar-refractivity contribution in [1.29, 1.82) is 0 Å². The van der Waals surface area contributed by atoms with Crippen molar-refractivity contribution >= 4 is 10.0 Å². The molecule has 0 radical (unpaired) electrons. The summed E-state index contributed by atoms with van der Waals surface area (Å²) in [5.74, 6) is -0.424. The van der Waals surface area contributed by atoms with E-state index < -0.39 is 15.8 Å². The number of nitrogens with zero attached hydrogens (tertiary/aromatic N) is 1.